The molecular weight excluding hydrogens is 383 g/mol. The normalized spacial score (nSPS) is 10.3. The van der Waals surface area contributed by atoms with Gasteiger partial charge in [0.25, 0.3) is 0 Å². The van der Waals surface area contributed by atoms with Crippen LogP contribution in [0.2, 0.25) is 0 Å². The van der Waals surface area contributed by atoms with Crippen molar-refractivity contribution in [1.82, 2.24) is 0 Å². The van der Waals surface area contributed by atoms with Gasteiger partial charge in [0.05, 0.1) is 10.0 Å². The minimum absolute atomic E-state index is 0.139. The highest BCUT2D eigenvalue weighted by Crippen LogP contribution is 2.32. The van der Waals surface area contributed by atoms with Crippen molar-refractivity contribution in [2.45, 2.75) is 0 Å². The Morgan fingerprint density at radius 3 is 2.47 bits per heavy atom. The van der Waals surface area contributed by atoms with E-state index in [1.165, 1.54) is 30.3 Å². The molecule has 0 aromatic heterocycles. The van der Waals surface area contributed by atoms with Gasteiger partial charge in [0, 0.05) is 10.5 Å². The van der Waals surface area contributed by atoms with E-state index in [2.05, 4.69) is 31.9 Å². The standard InChI is InChI=1S/C13H7Br2FO3/c14-8-4-9(16)6-10(5-8)19-12-2-1-7(13(17)18)3-11(12)15/h1-6H,(H,17,18). The second-order valence-electron chi connectivity index (χ2n) is 3.66. The number of benzene rings is 2. The van der Waals surface area contributed by atoms with Gasteiger partial charge in [-0.05, 0) is 46.3 Å². The van der Waals surface area contributed by atoms with Gasteiger partial charge in [-0.3, -0.25) is 0 Å². The molecule has 0 amide bonds. The van der Waals surface area contributed by atoms with Gasteiger partial charge in [-0.25, -0.2) is 9.18 Å². The fourth-order valence-electron chi connectivity index (χ4n) is 1.43. The van der Waals surface area contributed by atoms with Crippen LogP contribution >= 0.6 is 31.9 Å². The van der Waals surface area contributed by atoms with Crippen LogP contribution in [-0.4, -0.2) is 11.1 Å². The smallest absolute Gasteiger partial charge is 0.335 e. The lowest BCUT2D eigenvalue weighted by Gasteiger charge is -2.09. The highest BCUT2D eigenvalue weighted by molar-refractivity contribution is 9.10. The summed E-state index contributed by atoms with van der Waals surface area (Å²) in [6.07, 6.45) is 0. The monoisotopic (exact) mass is 388 g/mol. The zero-order valence-corrected chi connectivity index (χ0v) is 12.5. The third-order valence-corrected chi connectivity index (χ3v) is 3.32. The zero-order valence-electron chi connectivity index (χ0n) is 9.36. The molecule has 0 aliphatic rings. The average Bonchev–Trinajstić information content (AvgIpc) is 2.30. The van der Waals surface area contributed by atoms with Gasteiger partial charge in [0.2, 0.25) is 0 Å². The van der Waals surface area contributed by atoms with Gasteiger partial charge in [0.1, 0.15) is 17.3 Å². The number of carboxylic acids is 1. The van der Waals surface area contributed by atoms with Gasteiger partial charge in [0.15, 0.2) is 0 Å². The summed E-state index contributed by atoms with van der Waals surface area (Å²) in [5, 5.41) is 8.85. The molecule has 0 aliphatic carbocycles. The number of carboxylic acid groups (broad SMARTS) is 1. The molecule has 0 bridgehead atoms. The summed E-state index contributed by atoms with van der Waals surface area (Å²) >= 11 is 6.38. The van der Waals surface area contributed by atoms with E-state index in [4.69, 9.17) is 9.84 Å². The van der Waals surface area contributed by atoms with Crippen LogP contribution in [0.5, 0.6) is 11.5 Å². The Bertz CT molecular complexity index is 624. The topological polar surface area (TPSA) is 46.5 Å². The first-order valence-corrected chi connectivity index (χ1v) is 6.71. The summed E-state index contributed by atoms with van der Waals surface area (Å²) in [4.78, 5) is 10.8. The Kier molecular flexibility index (Phi) is 4.21. The van der Waals surface area contributed by atoms with Crippen LogP contribution in [0.3, 0.4) is 0 Å². The number of hydrogen-bond acceptors (Lipinski definition) is 2. The molecule has 2 rings (SSSR count). The molecule has 0 heterocycles. The van der Waals surface area contributed by atoms with E-state index >= 15 is 0 Å². The minimum Gasteiger partial charge on any atom is -0.478 e. The second-order valence-corrected chi connectivity index (χ2v) is 5.43. The fourth-order valence-corrected chi connectivity index (χ4v) is 2.34. The second kappa shape index (κ2) is 5.71. The Morgan fingerprint density at radius 2 is 1.89 bits per heavy atom. The SMILES string of the molecule is O=C(O)c1ccc(Oc2cc(F)cc(Br)c2)c(Br)c1. The number of hydrogen-bond donors (Lipinski definition) is 1. The summed E-state index contributed by atoms with van der Waals surface area (Å²) in [5.41, 5.74) is 0.139. The summed E-state index contributed by atoms with van der Waals surface area (Å²) in [5.74, 6) is -0.735. The molecule has 0 radical (unpaired) electrons. The minimum atomic E-state index is -1.03. The predicted octanol–water partition coefficient (Wildman–Crippen LogP) is 4.84. The maximum Gasteiger partial charge on any atom is 0.335 e. The Hall–Kier alpha value is -1.40. The van der Waals surface area contributed by atoms with Gasteiger partial charge in [-0.1, -0.05) is 15.9 Å². The number of carbonyl (C=O) groups is 1. The molecule has 6 heteroatoms. The van der Waals surface area contributed by atoms with Crippen molar-refractivity contribution < 1.29 is 19.0 Å². The first-order valence-electron chi connectivity index (χ1n) is 5.12. The van der Waals surface area contributed by atoms with Crippen molar-refractivity contribution in [3.8, 4) is 11.5 Å². The van der Waals surface area contributed by atoms with Crippen LogP contribution in [0, 0.1) is 5.82 Å². The molecule has 0 saturated heterocycles. The Morgan fingerprint density at radius 1 is 1.16 bits per heavy atom. The predicted molar refractivity (Wildman–Crippen MR) is 75.3 cm³/mol. The molecule has 1 N–H and O–H groups in total. The summed E-state index contributed by atoms with van der Waals surface area (Å²) in [6, 6.07) is 8.51. The molecule has 3 nitrogen and oxygen atoms in total. The van der Waals surface area contributed by atoms with E-state index in [0.717, 1.165) is 0 Å². The summed E-state index contributed by atoms with van der Waals surface area (Å²) in [6.45, 7) is 0. The molecule has 19 heavy (non-hydrogen) atoms. The third-order valence-electron chi connectivity index (χ3n) is 2.24. The lowest BCUT2D eigenvalue weighted by Crippen LogP contribution is -1.96. The number of rotatable bonds is 3. The molecule has 0 spiro atoms. The molecule has 0 aliphatic heterocycles. The van der Waals surface area contributed by atoms with Crippen molar-refractivity contribution in [3.63, 3.8) is 0 Å². The molecule has 0 saturated carbocycles. The highest BCUT2D eigenvalue weighted by Gasteiger charge is 2.09. The molecule has 98 valence electrons. The van der Waals surface area contributed by atoms with Gasteiger partial charge in [-0.2, -0.15) is 0 Å². The lowest BCUT2D eigenvalue weighted by molar-refractivity contribution is 0.0697. The first kappa shape index (κ1) is 14.0. The Labute approximate surface area is 125 Å². The van der Waals surface area contributed by atoms with Gasteiger partial charge >= 0.3 is 5.97 Å². The van der Waals surface area contributed by atoms with E-state index in [0.29, 0.717) is 20.4 Å². The van der Waals surface area contributed by atoms with Crippen LogP contribution in [0.1, 0.15) is 10.4 Å². The van der Waals surface area contributed by atoms with E-state index in [-0.39, 0.29) is 5.56 Å². The van der Waals surface area contributed by atoms with Crippen molar-refractivity contribution in [3.05, 3.63) is 56.7 Å². The average molecular weight is 390 g/mol. The molecule has 2 aromatic carbocycles. The van der Waals surface area contributed by atoms with E-state index in [9.17, 15) is 9.18 Å². The fraction of sp³-hybridized carbons (Fsp3) is 0. The third kappa shape index (κ3) is 3.54. The summed E-state index contributed by atoms with van der Waals surface area (Å²) < 4.78 is 19.7. The molecule has 0 fully saturated rings. The molecule has 0 unspecified atom stereocenters. The zero-order chi connectivity index (χ0) is 14.0. The van der Waals surface area contributed by atoms with Crippen LogP contribution < -0.4 is 4.74 Å². The van der Waals surface area contributed by atoms with Crippen LogP contribution in [0.25, 0.3) is 0 Å². The molecular formula is C13H7Br2FO3. The van der Waals surface area contributed by atoms with Gasteiger partial charge in [-0.15, -0.1) is 0 Å². The van der Waals surface area contributed by atoms with Gasteiger partial charge < -0.3 is 9.84 Å². The maximum atomic E-state index is 13.2. The maximum absolute atomic E-state index is 13.2. The van der Waals surface area contributed by atoms with E-state index in [1.807, 2.05) is 0 Å². The van der Waals surface area contributed by atoms with Crippen molar-refractivity contribution >= 4 is 37.8 Å². The molecule has 2 aromatic rings. The van der Waals surface area contributed by atoms with E-state index < -0.39 is 11.8 Å². The quantitative estimate of drug-likeness (QED) is 0.816. The largest absolute Gasteiger partial charge is 0.478 e. The molecule has 0 atom stereocenters. The van der Waals surface area contributed by atoms with Crippen molar-refractivity contribution in [1.29, 1.82) is 0 Å². The number of aromatic carboxylic acids is 1. The summed E-state index contributed by atoms with van der Waals surface area (Å²) in [7, 11) is 0. The van der Waals surface area contributed by atoms with Crippen molar-refractivity contribution in [2.75, 3.05) is 0 Å². The van der Waals surface area contributed by atoms with E-state index in [1.54, 1.807) is 6.07 Å². The highest BCUT2D eigenvalue weighted by atomic mass is 79.9. The number of halogens is 3. The van der Waals surface area contributed by atoms with Crippen molar-refractivity contribution in [2.24, 2.45) is 0 Å². The lowest BCUT2D eigenvalue weighted by atomic mass is 10.2. The Balaban J connectivity index is 2.30. The first-order chi connectivity index (χ1) is 8.95. The van der Waals surface area contributed by atoms with Crippen LogP contribution in [0.15, 0.2) is 45.3 Å². The number of ether oxygens (including phenoxy) is 1. The van der Waals surface area contributed by atoms with Crippen LogP contribution in [0.4, 0.5) is 4.39 Å². The van der Waals surface area contributed by atoms with Crippen LogP contribution in [-0.2, 0) is 0 Å².